The van der Waals surface area contributed by atoms with E-state index in [0.717, 1.165) is 19.4 Å². The number of carbonyl (C=O) groups excluding carboxylic acids is 1. The van der Waals surface area contributed by atoms with Gasteiger partial charge in [0.1, 0.15) is 0 Å². The van der Waals surface area contributed by atoms with Crippen molar-refractivity contribution in [1.82, 2.24) is 9.88 Å². The summed E-state index contributed by atoms with van der Waals surface area (Å²) in [7, 11) is 0. The Hall–Kier alpha value is -1.42. The van der Waals surface area contributed by atoms with Crippen LogP contribution in [0.1, 0.15) is 23.2 Å². The lowest BCUT2D eigenvalue weighted by molar-refractivity contribution is 0.0741. The molecule has 2 N–H and O–H groups in total. The van der Waals surface area contributed by atoms with Crippen LogP contribution >= 0.6 is 0 Å². The van der Waals surface area contributed by atoms with Gasteiger partial charge < -0.3 is 10.6 Å². The van der Waals surface area contributed by atoms with Gasteiger partial charge in [-0.25, -0.2) is 0 Å². The highest BCUT2D eigenvalue weighted by Crippen LogP contribution is 2.18. The predicted octanol–water partition coefficient (Wildman–Crippen LogP) is 0.645. The Morgan fingerprint density at radius 3 is 3.20 bits per heavy atom. The SMILES string of the molecule is NCC1CCCN1C(=O)c1cccnc1. The van der Waals surface area contributed by atoms with Crippen LogP contribution in [0.15, 0.2) is 24.5 Å². The summed E-state index contributed by atoms with van der Waals surface area (Å²) in [6.45, 7) is 1.36. The molecule has 4 nitrogen and oxygen atoms in total. The summed E-state index contributed by atoms with van der Waals surface area (Å²) in [6.07, 6.45) is 5.34. The van der Waals surface area contributed by atoms with Crippen LogP contribution in [0.4, 0.5) is 0 Å². The highest BCUT2D eigenvalue weighted by molar-refractivity contribution is 5.94. The van der Waals surface area contributed by atoms with E-state index in [1.54, 1.807) is 24.5 Å². The van der Waals surface area contributed by atoms with Gasteiger partial charge in [-0.05, 0) is 25.0 Å². The molecule has 0 spiro atoms. The topological polar surface area (TPSA) is 59.2 Å². The van der Waals surface area contributed by atoms with Gasteiger partial charge in [0.15, 0.2) is 0 Å². The number of rotatable bonds is 2. The van der Waals surface area contributed by atoms with Crippen LogP contribution < -0.4 is 5.73 Å². The minimum atomic E-state index is 0.0519. The maximum absolute atomic E-state index is 12.0. The molecule has 0 aliphatic carbocycles. The molecule has 0 aromatic carbocycles. The summed E-state index contributed by atoms with van der Waals surface area (Å²) in [5.41, 5.74) is 6.28. The van der Waals surface area contributed by atoms with E-state index in [1.165, 1.54) is 0 Å². The van der Waals surface area contributed by atoms with Crippen molar-refractivity contribution in [1.29, 1.82) is 0 Å². The smallest absolute Gasteiger partial charge is 0.255 e. The summed E-state index contributed by atoms with van der Waals surface area (Å²) >= 11 is 0. The van der Waals surface area contributed by atoms with E-state index in [0.29, 0.717) is 12.1 Å². The minimum absolute atomic E-state index is 0.0519. The van der Waals surface area contributed by atoms with E-state index in [2.05, 4.69) is 4.98 Å². The Morgan fingerprint density at radius 2 is 2.53 bits per heavy atom. The van der Waals surface area contributed by atoms with Crippen molar-refractivity contribution in [3.8, 4) is 0 Å². The molecule has 2 heterocycles. The monoisotopic (exact) mass is 205 g/mol. The third-order valence-corrected chi connectivity index (χ3v) is 2.82. The number of carbonyl (C=O) groups is 1. The predicted molar refractivity (Wildman–Crippen MR) is 57.3 cm³/mol. The van der Waals surface area contributed by atoms with E-state index in [9.17, 15) is 4.79 Å². The van der Waals surface area contributed by atoms with Crippen molar-refractivity contribution in [3.63, 3.8) is 0 Å². The third kappa shape index (κ3) is 1.99. The van der Waals surface area contributed by atoms with Crippen LogP contribution in [0.2, 0.25) is 0 Å². The van der Waals surface area contributed by atoms with Crippen molar-refractivity contribution in [2.45, 2.75) is 18.9 Å². The quantitative estimate of drug-likeness (QED) is 0.771. The largest absolute Gasteiger partial charge is 0.334 e. The van der Waals surface area contributed by atoms with Gasteiger partial charge in [0.25, 0.3) is 5.91 Å². The molecule has 1 aliphatic rings. The molecule has 15 heavy (non-hydrogen) atoms. The first-order valence-electron chi connectivity index (χ1n) is 5.24. The van der Waals surface area contributed by atoms with Crippen LogP contribution in [-0.4, -0.2) is 34.9 Å². The Morgan fingerprint density at radius 1 is 1.67 bits per heavy atom. The maximum Gasteiger partial charge on any atom is 0.255 e. The van der Waals surface area contributed by atoms with Gasteiger partial charge in [0, 0.05) is 31.5 Å². The minimum Gasteiger partial charge on any atom is -0.334 e. The van der Waals surface area contributed by atoms with Crippen molar-refractivity contribution in [2.75, 3.05) is 13.1 Å². The fourth-order valence-electron chi connectivity index (χ4n) is 2.00. The summed E-state index contributed by atoms with van der Waals surface area (Å²) in [6, 6.07) is 3.78. The zero-order valence-corrected chi connectivity index (χ0v) is 8.60. The van der Waals surface area contributed by atoms with E-state index < -0.39 is 0 Å². The molecule has 1 aromatic heterocycles. The first-order chi connectivity index (χ1) is 7.33. The Balaban J connectivity index is 2.14. The van der Waals surface area contributed by atoms with Gasteiger partial charge in [0.05, 0.1) is 5.56 Å². The second-order valence-corrected chi connectivity index (χ2v) is 3.77. The van der Waals surface area contributed by atoms with Gasteiger partial charge in [-0.1, -0.05) is 0 Å². The lowest BCUT2D eigenvalue weighted by Gasteiger charge is -2.23. The molecular weight excluding hydrogens is 190 g/mol. The van der Waals surface area contributed by atoms with Gasteiger partial charge in [-0.3, -0.25) is 9.78 Å². The van der Waals surface area contributed by atoms with Gasteiger partial charge in [-0.2, -0.15) is 0 Å². The lowest BCUT2D eigenvalue weighted by atomic mass is 10.2. The first kappa shape index (κ1) is 10.1. The number of pyridine rings is 1. The molecule has 1 aromatic rings. The molecule has 1 aliphatic heterocycles. The lowest BCUT2D eigenvalue weighted by Crippen LogP contribution is -2.39. The fraction of sp³-hybridized carbons (Fsp3) is 0.455. The van der Waals surface area contributed by atoms with Crippen molar-refractivity contribution >= 4 is 5.91 Å². The van der Waals surface area contributed by atoms with E-state index in [1.807, 2.05) is 4.90 Å². The molecule has 80 valence electrons. The van der Waals surface area contributed by atoms with Gasteiger partial charge in [-0.15, -0.1) is 0 Å². The molecule has 1 fully saturated rings. The summed E-state index contributed by atoms with van der Waals surface area (Å²) in [5, 5.41) is 0. The molecule has 1 saturated heterocycles. The second kappa shape index (κ2) is 4.40. The number of nitrogens with zero attached hydrogens (tertiary/aromatic N) is 2. The van der Waals surface area contributed by atoms with Crippen LogP contribution in [0.3, 0.4) is 0 Å². The molecule has 4 heteroatoms. The second-order valence-electron chi connectivity index (χ2n) is 3.77. The number of nitrogens with two attached hydrogens (primary N) is 1. The molecule has 0 radical (unpaired) electrons. The number of hydrogen-bond donors (Lipinski definition) is 1. The number of amides is 1. The number of likely N-dealkylation sites (tertiary alicyclic amines) is 1. The summed E-state index contributed by atoms with van der Waals surface area (Å²) in [5.74, 6) is 0.0519. The highest BCUT2D eigenvalue weighted by atomic mass is 16.2. The van der Waals surface area contributed by atoms with Gasteiger partial charge in [0.2, 0.25) is 0 Å². The average Bonchev–Trinajstić information content (AvgIpc) is 2.77. The van der Waals surface area contributed by atoms with Crippen molar-refractivity contribution in [3.05, 3.63) is 30.1 Å². The molecule has 1 atom stereocenters. The van der Waals surface area contributed by atoms with Crippen LogP contribution in [0, 0.1) is 0 Å². The standard InChI is InChI=1S/C11H15N3O/c12-7-10-4-2-6-14(10)11(15)9-3-1-5-13-8-9/h1,3,5,8,10H,2,4,6-7,12H2. The van der Waals surface area contributed by atoms with Crippen molar-refractivity contribution < 1.29 is 4.79 Å². The van der Waals surface area contributed by atoms with Gasteiger partial charge >= 0.3 is 0 Å². The van der Waals surface area contributed by atoms with Crippen LogP contribution in [0.25, 0.3) is 0 Å². The van der Waals surface area contributed by atoms with E-state index >= 15 is 0 Å². The third-order valence-electron chi connectivity index (χ3n) is 2.82. The zero-order valence-electron chi connectivity index (χ0n) is 8.60. The fourth-order valence-corrected chi connectivity index (χ4v) is 2.00. The molecule has 2 rings (SSSR count). The number of aromatic nitrogens is 1. The summed E-state index contributed by atoms with van der Waals surface area (Å²) < 4.78 is 0. The molecule has 1 unspecified atom stereocenters. The first-order valence-corrected chi connectivity index (χ1v) is 5.24. The van der Waals surface area contributed by atoms with E-state index in [4.69, 9.17) is 5.73 Å². The van der Waals surface area contributed by atoms with E-state index in [-0.39, 0.29) is 11.9 Å². The average molecular weight is 205 g/mol. The van der Waals surface area contributed by atoms with Crippen LogP contribution in [-0.2, 0) is 0 Å². The summed E-state index contributed by atoms with van der Waals surface area (Å²) in [4.78, 5) is 17.9. The normalized spacial score (nSPS) is 20.6. The Bertz CT molecular complexity index is 339. The van der Waals surface area contributed by atoms with Crippen LogP contribution in [0.5, 0.6) is 0 Å². The Kier molecular flexibility index (Phi) is 2.97. The zero-order chi connectivity index (χ0) is 10.7. The highest BCUT2D eigenvalue weighted by Gasteiger charge is 2.28. The number of hydrogen-bond acceptors (Lipinski definition) is 3. The Labute approximate surface area is 89.1 Å². The molecular formula is C11H15N3O. The molecule has 1 amide bonds. The maximum atomic E-state index is 12.0. The molecule has 0 bridgehead atoms. The van der Waals surface area contributed by atoms with Crippen molar-refractivity contribution in [2.24, 2.45) is 5.73 Å². The molecule has 0 saturated carbocycles.